The summed E-state index contributed by atoms with van der Waals surface area (Å²) in [6.45, 7) is 0. The summed E-state index contributed by atoms with van der Waals surface area (Å²) < 4.78 is 16.1. The second kappa shape index (κ2) is 7.63. The number of carboxylic acid groups (broad SMARTS) is 1. The summed E-state index contributed by atoms with van der Waals surface area (Å²) >= 11 is 0. The molecule has 1 aromatic carbocycles. The smallest absolute Gasteiger partial charge is 0.345 e. The van der Waals surface area contributed by atoms with E-state index < -0.39 is 17.3 Å². The minimum atomic E-state index is -1.40. The van der Waals surface area contributed by atoms with E-state index in [0.29, 0.717) is 28.4 Å². The molecule has 0 aliphatic carbocycles. The third-order valence-corrected chi connectivity index (χ3v) is 4.53. The van der Waals surface area contributed by atoms with Crippen LogP contribution in [0.3, 0.4) is 0 Å². The lowest BCUT2D eigenvalue weighted by atomic mass is 10.1. The van der Waals surface area contributed by atoms with Crippen molar-refractivity contribution >= 4 is 34.5 Å². The first-order valence-corrected chi connectivity index (χ1v) is 8.84. The predicted octanol–water partition coefficient (Wildman–Crippen LogP) is 2.93. The molecule has 3 heterocycles. The van der Waals surface area contributed by atoms with Gasteiger partial charge in [-0.25, -0.2) is 9.78 Å². The molecule has 3 aromatic rings. The van der Waals surface area contributed by atoms with Gasteiger partial charge in [0.1, 0.15) is 17.1 Å². The van der Waals surface area contributed by atoms with Crippen molar-refractivity contribution in [3.05, 3.63) is 65.5 Å². The molecule has 0 unspecified atom stereocenters. The standard InChI is InChI=1S/C21H17N3O6/c1-28-12-5-6-14(15(9-12)29-2)24-20-17(21(26)27)18(25)16(30-20)8-11-10-23-19-13(11)4-3-7-22-19/h3-10,24H,1-2H3,(H,22,23)(H,26,27). The lowest BCUT2D eigenvalue weighted by molar-refractivity contribution is -0.134. The van der Waals surface area contributed by atoms with Crippen LogP contribution in [-0.4, -0.2) is 41.0 Å². The van der Waals surface area contributed by atoms with Gasteiger partial charge in [0, 0.05) is 29.4 Å². The number of methoxy groups -OCH3 is 2. The molecule has 30 heavy (non-hydrogen) atoms. The Hall–Kier alpha value is -4.27. The SMILES string of the molecule is COc1ccc(NC2=C(C(=O)O)C(=O)C(=Cc3c[nH]c4ncccc34)O2)c(OC)c1. The highest BCUT2D eigenvalue weighted by Gasteiger charge is 2.36. The summed E-state index contributed by atoms with van der Waals surface area (Å²) in [6, 6.07) is 8.51. The second-order valence-electron chi connectivity index (χ2n) is 6.28. The van der Waals surface area contributed by atoms with Crippen LogP contribution in [0.25, 0.3) is 17.1 Å². The average Bonchev–Trinajstić information content (AvgIpc) is 3.29. The predicted molar refractivity (Wildman–Crippen MR) is 108 cm³/mol. The lowest BCUT2D eigenvalue weighted by Crippen LogP contribution is -2.12. The molecule has 0 bridgehead atoms. The third kappa shape index (κ3) is 3.32. The fourth-order valence-electron chi connectivity index (χ4n) is 3.07. The number of ether oxygens (including phenoxy) is 3. The van der Waals surface area contributed by atoms with Crippen molar-refractivity contribution in [3.63, 3.8) is 0 Å². The van der Waals surface area contributed by atoms with Crippen LogP contribution >= 0.6 is 0 Å². The number of nitrogens with zero attached hydrogens (tertiary/aromatic N) is 1. The summed E-state index contributed by atoms with van der Waals surface area (Å²) in [5.74, 6) is -1.51. The molecule has 0 radical (unpaired) electrons. The zero-order valence-electron chi connectivity index (χ0n) is 16.1. The number of benzene rings is 1. The Labute approximate surface area is 170 Å². The van der Waals surface area contributed by atoms with Crippen LogP contribution in [0.5, 0.6) is 11.5 Å². The van der Waals surface area contributed by atoms with E-state index in [1.807, 2.05) is 6.07 Å². The second-order valence-corrected chi connectivity index (χ2v) is 6.28. The molecule has 0 atom stereocenters. The normalized spacial score (nSPS) is 14.9. The number of aliphatic carboxylic acids is 1. The van der Waals surface area contributed by atoms with Crippen LogP contribution in [0.15, 0.2) is 59.9 Å². The number of H-pyrrole nitrogens is 1. The van der Waals surface area contributed by atoms with Crippen molar-refractivity contribution in [2.45, 2.75) is 0 Å². The number of hydrogen-bond acceptors (Lipinski definition) is 7. The topological polar surface area (TPSA) is 123 Å². The Morgan fingerprint density at radius 2 is 2.10 bits per heavy atom. The van der Waals surface area contributed by atoms with Crippen LogP contribution in [0.1, 0.15) is 5.56 Å². The molecule has 2 aromatic heterocycles. The molecular weight excluding hydrogens is 390 g/mol. The fraction of sp³-hybridized carbons (Fsp3) is 0.0952. The number of allylic oxidation sites excluding steroid dienone is 1. The molecule has 152 valence electrons. The molecule has 9 heteroatoms. The van der Waals surface area contributed by atoms with Gasteiger partial charge in [-0.1, -0.05) is 0 Å². The summed E-state index contributed by atoms with van der Waals surface area (Å²) in [7, 11) is 2.98. The van der Waals surface area contributed by atoms with Crippen LogP contribution in [0.4, 0.5) is 5.69 Å². The van der Waals surface area contributed by atoms with Crippen molar-refractivity contribution < 1.29 is 28.9 Å². The Kier molecular flexibility index (Phi) is 4.85. The minimum Gasteiger partial charge on any atom is -0.497 e. The quantitative estimate of drug-likeness (QED) is 0.421. The van der Waals surface area contributed by atoms with Crippen LogP contribution < -0.4 is 14.8 Å². The van der Waals surface area contributed by atoms with E-state index in [9.17, 15) is 14.7 Å². The van der Waals surface area contributed by atoms with Crippen LogP contribution in [0.2, 0.25) is 0 Å². The molecule has 0 fully saturated rings. The zero-order chi connectivity index (χ0) is 21.3. The molecule has 0 amide bonds. The van der Waals surface area contributed by atoms with Gasteiger partial charge in [-0.05, 0) is 30.3 Å². The number of hydrogen-bond donors (Lipinski definition) is 3. The van der Waals surface area contributed by atoms with Gasteiger partial charge in [0.15, 0.2) is 11.3 Å². The fourth-order valence-corrected chi connectivity index (χ4v) is 3.07. The van der Waals surface area contributed by atoms with E-state index in [2.05, 4.69) is 15.3 Å². The third-order valence-electron chi connectivity index (χ3n) is 4.53. The number of carbonyl (C=O) groups excluding carboxylic acids is 1. The summed E-state index contributed by atoms with van der Waals surface area (Å²) in [5, 5.41) is 13.2. The largest absolute Gasteiger partial charge is 0.497 e. The summed E-state index contributed by atoms with van der Waals surface area (Å²) in [4.78, 5) is 31.6. The first-order valence-electron chi connectivity index (χ1n) is 8.84. The molecule has 0 saturated heterocycles. The van der Waals surface area contributed by atoms with Crippen molar-refractivity contribution in [2.24, 2.45) is 0 Å². The number of anilines is 1. The maximum absolute atomic E-state index is 12.7. The van der Waals surface area contributed by atoms with Gasteiger partial charge in [-0.3, -0.25) is 4.79 Å². The van der Waals surface area contributed by atoms with Gasteiger partial charge >= 0.3 is 5.97 Å². The van der Waals surface area contributed by atoms with E-state index in [1.165, 1.54) is 20.3 Å². The van der Waals surface area contributed by atoms with Gasteiger partial charge < -0.3 is 29.6 Å². The highest BCUT2D eigenvalue weighted by Crippen LogP contribution is 2.34. The average molecular weight is 407 g/mol. The number of aromatic amines is 1. The van der Waals surface area contributed by atoms with Gasteiger partial charge in [0.2, 0.25) is 11.7 Å². The zero-order valence-corrected chi connectivity index (χ0v) is 16.1. The molecule has 1 aliphatic rings. The number of aromatic nitrogens is 2. The molecule has 1 aliphatic heterocycles. The van der Waals surface area contributed by atoms with Crippen molar-refractivity contribution in [1.82, 2.24) is 9.97 Å². The summed E-state index contributed by atoms with van der Waals surface area (Å²) in [6.07, 6.45) is 4.78. The Morgan fingerprint density at radius 1 is 1.27 bits per heavy atom. The molecular formula is C21H17N3O6. The number of carboxylic acids is 1. The number of fused-ring (bicyclic) bond motifs is 1. The van der Waals surface area contributed by atoms with E-state index in [0.717, 1.165) is 5.39 Å². The van der Waals surface area contributed by atoms with Crippen molar-refractivity contribution in [2.75, 3.05) is 19.5 Å². The molecule has 9 nitrogen and oxygen atoms in total. The number of rotatable bonds is 6. The molecule has 3 N–H and O–H groups in total. The van der Waals surface area contributed by atoms with Gasteiger partial charge in [-0.15, -0.1) is 0 Å². The monoisotopic (exact) mass is 407 g/mol. The van der Waals surface area contributed by atoms with E-state index in [1.54, 1.807) is 36.7 Å². The molecule has 4 rings (SSSR count). The van der Waals surface area contributed by atoms with Gasteiger partial charge in [0.05, 0.1) is 19.9 Å². The number of nitrogens with one attached hydrogen (secondary N) is 2. The lowest BCUT2D eigenvalue weighted by Gasteiger charge is -2.13. The number of ketones is 1. The van der Waals surface area contributed by atoms with E-state index in [-0.39, 0.29) is 11.6 Å². The Morgan fingerprint density at radius 3 is 2.83 bits per heavy atom. The van der Waals surface area contributed by atoms with Crippen LogP contribution in [-0.2, 0) is 14.3 Å². The van der Waals surface area contributed by atoms with E-state index in [4.69, 9.17) is 14.2 Å². The highest BCUT2D eigenvalue weighted by atomic mass is 16.5. The first kappa shape index (κ1) is 19.1. The Bertz CT molecular complexity index is 1220. The maximum Gasteiger partial charge on any atom is 0.345 e. The first-order chi connectivity index (χ1) is 14.5. The number of pyridine rings is 1. The van der Waals surface area contributed by atoms with Gasteiger partial charge in [0.25, 0.3) is 0 Å². The highest BCUT2D eigenvalue weighted by molar-refractivity contribution is 6.26. The molecule has 0 spiro atoms. The summed E-state index contributed by atoms with van der Waals surface area (Å²) in [5.41, 5.74) is 1.20. The number of carbonyl (C=O) groups is 2. The van der Waals surface area contributed by atoms with Crippen molar-refractivity contribution in [3.8, 4) is 11.5 Å². The minimum absolute atomic E-state index is 0.118. The maximum atomic E-state index is 12.7. The Balaban J connectivity index is 1.69. The van der Waals surface area contributed by atoms with Crippen LogP contribution in [0, 0.1) is 0 Å². The molecule has 0 saturated carbocycles. The van der Waals surface area contributed by atoms with E-state index >= 15 is 0 Å². The van der Waals surface area contributed by atoms with Gasteiger partial charge in [-0.2, -0.15) is 0 Å². The number of Topliss-reactive ketones (excluding diaryl/α,β-unsaturated/α-hetero) is 1. The van der Waals surface area contributed by atoms with Crippen molar-refractivity contribution in [1.29, 1.82) is 0 Å².